The molecule has 1 aliphatic heterocycles. The van der Waals surface area contributed by atoms with Gasteiger partial charge in [0.2, 0.25) is 11.8 Å². The molecule has 2 bridgehead atoms. The Morgan fingerprint density at radius 2 is 1.78 bits per heavy atom. The van der Waals surface area contributed by atoms with Crippen LogP contribution in [0.5, 0.6) is 0 Å². The molecule has 4 rings (SSSR count). The summed E-state index contributed by atoms with van der Waals surface area (Å²) in [7, 11) is 0. The number of hydrogen-bond acceptors (Lipinski definition) is 3. The number of fused-ring (bicyclic) bond motifs is 5. The summed E-state index contributed by atoms with van der Waals surface area (Å²) in [5.74, 6) is -1.35. The summed E-state index contributed by atoms with van der Waals surface area (Å²) in [6, 6.07) is 4.41. The van der Waals surface area contributed by atoms with Crippen molar-refractivity contribution in [1.29, 1.82) is 0 Å². The second-order valence-corrected chi connectivity index (χ2v) is 7.24. The fourth-order valence-corrected chi connectivity index (χ4v) is 5.08. The van der Waals surface area contributed by atoms with Gasteiger partial charge in [0.15, 0.2) is 0 Å². The van der Waals surface area contributed by atoms with E-state index in [0.717, 1.165) is 29.9 Å². The van der Waals surface area contributed by atoms with Crippen LogP contribution in [0, 0.1) is 23.7 Å². The van der Waals surface area contributed by atoms with Gasteiger partial charge in [0.1, 0.15) is 0 Å². The van der Waals surface area contributed by atoms with Crippen LogP contribution in [0.25, 0.3) is 0 Å². The minimum absolute atomic E-state index is 0.0133. The minimum atomic E-state index is -4.51. The van der Waals surface area contributed by atoms with Crippen LogP contribution in [-0.2, 0) is 15.8 Å². The number of nitrogens with zero attached hydrogens (tertiary/aromatic N) is 1. The maximum atomic E-state index is 12.9. The summed E-state index contributed by atoms with van der Waals surface area (Å²) in [6.07, 6.45) is -2.89. The molecule has 1 aromatic rings. The van der Waals surface area contributed by atoms with Crippen LogP contribution in [0.4, 0.5) is 18.9 Å². The van der Waals surface area contributed by atoms with Crippen molar-refractivity contribution in [1.82, 2.24) is 0 Å². The van der Waals surface area contributed by atoms with Gasteiger partial charge in [-0.2, -0.15) is 25.8 Å². The zero-order chi connectivity index (χ0) is 16.5. The van der Waals surface area contributed by atoms with Gasteiger partial charge in [-0.05, 0) is 42.9 Å². The van der Waals surface area contributed by atoms with Crippen molar-refractivity contribution in [2.24, 2.45) is 23.7 Å². The van der Waals surface area contributed by atoms with Gasteiger partial charge in [0.25, 0.3) is 0 Å². The molecule has 0 spiro atoms. The first kappa shape index (κ1) is 15.1. The van der Waals surface area contributed by atoms with Crippen LogP contribution >= 0.6 is 12.6 Å². The zero-order valence-electron chi connectivity index (χ0n) is 12.0. The molecule has 122 valence electrons. The average molecular weight is 341 g/mol. The Kier molecular flexibility index (Phi) is 3.11. The van der Waals surface area contributed by atoms with Crippen molar-refractivity contribution in [3.8, 4) is 0 Å². The molecule has 2 saturated carbocycles. The molecule has 2 aliphatic carbocycles. The number of rotatable bonds is 1. The van der Waals surface area contributed by atoms with Crippen molar-refractivity contribution in [3.05, 3.63) is 29.8 Å². The highest BCUT2D eigenvalue weighted by Gasteiger charge is 2.63. The van der Waals surface area contributed by atoms with E-state index in [4.69, 9.17) is 0 Å². The van der Waals surface area contributed by atoms with Crippen LogP contribution in [0.15, 0.2) is 24.3 Å². The lowest BCUT2D eigenvalue weighted by Gasteiger charge is -2.24. The van der Waals surface area contributed by atoms with Gasteiger partial charge in [-0.25, -0.2) is 0 Å². The third-order valence-corrected chi connectivity index (χ3v) is 6.01. The largest absolute Gasteiger partial charge is 0.416 e. The number of carbonyl (C=O) groups is 2. The Morgan fingerprint density at radius 3 is 2.48 bits per heavy atom. The number of amides is 2. The van der Waals surface area contributed by atoms with Crippen molar-refractivity contribution >= 4 is 30.1 Å². The summed E-state index contributed by atoms with van der Waals surface area (Å²) in [4.78, 5) is 26.3. The highest BCUT2D eigenvalue weighted by molar-refractivity contribution is 7.81. The number of halogens is 3. The van der Waals surface area contributed by atoms with Crippen LogP contribution in [-0.4, -0.2) is 17.1 Å². The number of carbonyl (C=O) groups excluding carboxylic acids is 2. The van der Waals surface area contributed by atoms with Crippen LogP contribution < -0.4 is 4.90 Å². The Hall–Kier alpha value is -1.50. The molecule has 3 fully saturated rings. The Balaban J connectivity index is 1.72. The van der Waals surface area contributed by atoms with Crippen molar-refractivity contribution < 1.29 is 22.8 Å². The molecule has 0 radical (unpaired) electrons. The molecule has 0 aromatic heterocycles. The third kappa shape index (κ3) is 2.05. The summed E-state index contributed by atoms with van der Waals surface area (Å²) in [6.45, 7) is 0. The van der Waals surface area contributed by atoms with Gasteiger partial charge < -0.3 is 0 Å². The zero-order valence-corrected chi connectivity index (χ0v) is 12.8. The summed E-state index contributed by atoms with van der Waals surface area (Å²) in [5, 5.41) is 0.0967. The van der Waals surface area contributed by atoms with Crippen molar-refractivity contribution in [2.45, 2.75) is 24.3 Å². The number of anilines is 1. The van der Waals surface area contributed by atoms with Crippen LogP contribution in [0.3, 0.4) is 0 Å². The van der Waals surface area contributed by atoms with Gasteiger partial charge in [0.05, 0.1) is 23.1 Å². The smallest absolute Gasteiger partial charge is 0.274 e. The maximum absolute atomic E-state index is 12.9. The van der Waals surface area contributed by atoms with E-state index in [1.165, 1.54) is 12.1 Å². The third-order valence-electron chi connectivity index (χ3n) is 5.41. The molecule has 1 saturated heterocycles. The second-order valence-electron chi connectivity index (χ2n) is 6.57. The van der Waals surface area contributed by atoms with E-state index in [1.807, 2.05) is 0 Å². The van der Waals surface area contributed by atoms with E-state index >= 15 is 0 Å². The Labute approximate surface area is 136 Å². The van der Waals surface area contributed by atoms with Gasteiger partial charge >= 0.3 is 6.18 Å². The number of benzene rings is 1. The van der Waals surface area contributed by atoms with E-state index in [2.05, 4.69) is 12.6 Å². The van der Waals surface area contributed by atoms with E-state index in [-0.39, 0.29) is 40.5 Å². The quantitative estimate of drug-likeness (QED) is 0.629. The highest BCUT2D eigenvalue weighted by atomic mass is 32.1. The lowest BCUT2D eigenvalue weighted by Crippen LogP contribution is -2.33. The summed E-state index contributed by atoms with van der Waals surface area (Å²) in [5.41, 5.74) is -0.845. The predicted octanol–water partition coefficient (Wildman–Crippen LogP) is 3.15. The summed E-state index contributed by atoms with van der Waals surface area (Å²) < 4.78 is 38.6. The molecule has 0 unspecified atom stereocenters. The lowest BCUT2D eigenvalue weighted by atomic mass is 9.81. The first-order chi connectivity index (χ1) is 10.8. The fraction of sp³-hybridized carbons (Fsp3) is 0.500. The molecule has 3 aliphatic rings. The molecule has 2 amide bonds. The van der Waals surface area contributed by atoms with Crippen LogP contribution in [0.2, 0.25) is 0 Å². The van der Waals surface area contributed by atoms with E-state index in [0.29, 0.717) is 0 Å². The molecular weight excluding hydrogens is 327 g/mol. The number of alkyl halides is 3. The molecule has 5 atom stereocenters. The Bertz CT molecular complexity index is 705. The number of imide groups is 1. The summed E-state index contributed by atoms with van der Waals surface area (Å²) >= 11 is 4.49. The molecule has 7 heteroatoms. The van der Waals surface area contributed by atoms with Crippen LogP contribution in [0.1, 0.15) is 18.4 Å². The number of hydrogen-bond donors (Lipinski definition) is 1. The standard InChI is InChI=1S/C16H14F3NO2S/c17-16(18,19)8-2-1-3-9(6-8)20-14(21)12-7-4-10(11(23)5-7)13(12)15(20)22/h1-3,6-7,10-13,23H,4-5H2/t7-,10+,11+,12+,13-/m1/s1. The van der Waals surface area contributed by atoms with Gasteiger partial charge in [0, 0.05) is 5.25 Å². The molecule has 0 N–H and O–H groups in total. The van der Waals surface area contributed by atoms with E-state index < -0.39 is 17.7 Å². The van der Waals surface area contributed by atoms with Crippen molar-refractivity contribution in [3.63, 3.8) is 0 Å². The van der Waals surface area contributed by atoms with Crippen molar-refractivity contribution in [2.75, 3.05) is 4.90 Å². The first-order valence-electron chi connectivity index (χ1n) is 7.52. The monoisotopic (exact) mass is 341 g/mol. The molecule has 1 heterocycles. The average Bonchev–Trinajstić information content (AvgIpc) is 3.10. The molecule has 1 aromatic carbocycles. The Morgan fingerprint density at radius 1 is 1.09 bits per heavy atom. The van der Waals surface area contributed by atoms with Gasteiger partial charge in [-0.3, -0.25) is 14.5 Å². The maximum Gasteiger partial charge on any atom is 0.416 e. The van der Waals surface area contributed by atoms with Gasteiger partial charge in [-0.15, -0.1) is 0 Å². The SMILES string of the molecule is O=C1[C@@H]2[C@H]3C[C@H](C[C@@H]3S)[C@@H]2C(=O)N1c1cccc(C(F)(F)F)c1. The van der Waals surface area contributed by atoms with E-state index in [1.54, 1.807) is 0 Å². The second kappa shape index (κ2) is 4.75. The molecule has 23 heavy (non-hydrogen) atoms. The van der Waals surface area contributed by atoms with E-state index in [9.17, 15) is 22.8 Å². The lowest BCUT2D eigenvalue weighted by molar-refractivity contribution is -0.137. The minimum Gasteiger partial charge on any atom is -0.274 e. The first-order valence-corrected chi connectivity index (χ1v) is 8.04. The molecular formula is C16H14F3NO2S. The van der Waals surface area contributed by atoms with Gasteiger partial charge in [-0.1, -0.05) is 6.07 Å². The highest BCUT2D eigenvalue weighted by Crippen LogP contribution is 2.58. The number of thiol groups is 1. The normalized spacial score (nSPS) is 36.0. The topological polar surface area (TPSA) is 37.4 Å². The predicted molar refractivity (Wildman–Crippen MR) is 79.9 cm³/mol. The fourth-order valence-electron chi connectivity index (χ4n) is 4.50. The molecule has 3 nitrogen and oxygen atoms in total.